The number of H-pyrrole nitrogens is 1. The molecule has 0 saturated carbocycles. The molecular weight excluding hydrogens is 364 g/mol. The highest BCUT2D eigenvalue weighted by Gasteiger charge is 2.24. The summed E-state index contributed by atoms with van der Waals surface area (Å²) in [6.07, 6.45) is 0. The molecule has 1 aromatic heterocycles. The van der Waals surface area contributed by atoms with Gasteiger partial charge in [-0.2, -0.15) is 0 Å². The first-order chi connectivity index (χ1) is 12.3. The van der Waals surface area contributed by atoms with Crippen molar-refractivity contribution in [1.82, 2.24) is 10.3 Å². The Labute approximate surface area is 153 Å². The van der Waals surface area contributed by atoms with Crippen LogP contribution in [0.25, 0.3) is 11.1 Å². The highest BCUT2D eigenvalue weighted by Crippen LogP contribution is 2.38. The van der Waals surface area contributed by atoms with Crippen LogP contribution in [-0.4, -0.2) is 37.3 Å². The average molecular weight is 383 g/mol. The van der Waals surface area contributed by atoms with Crippen LogP contribution >= 0.6 is 11.6 Å². The average Bonchev–Trinajstić information content (AvgIpc) is 2.94. The maximum absolute atomic E-state index is 11.4. The molecule has 0 spiro atoms. The summed E-state index contributed by atoms with van der Waals surface area (Å²) >= 11 is 6.25. The molecule has 1 aromatic carbocycles. The summed E-state index contributed by atoms with van der Waals surface area (Å²) in [6, 6.07) is 3.14. The zero-order valence-corrected chi connectivity index (χ0v) is 14.4. The number of rotatable bonds is 7. The second-order valence-corrected chi connectivity index (χ2v) is 5.82. The quantitative estimate of drug-likeness (QED) is 0.254. The first-order valence-electron chi connectivity index (χ1n) is 7.53. The number of nitrogens with one attached hydrogen (secondary N) is 3. The van der Waals surface area contributed by atoms with Crippen molar-refractivity contribution < 1.29 is 25.2 Å². The van der Waals surface area contributed by atoms with Crippen molar-refractivity contribution in [2.45, 2.75) is 26.4 Å². The van der Waals surface area contributed by atoms with Gasteiger partial charge in [0.05, 0.1) is 31.4 Å². The van der Waals surface area contributed by atoms with Gasteiger partial charge in [0.2, 0.25) is 0 Å². The van der Waals surface area contributed by atoms with Crippen LogP contribution in [0.4, 0.5) is 0 Å². The van der Waals surface area contributed by atoms with Crippen LogP contribution in [0.1, 0.15) is 32.9 Å². The molecule has 1 heterocycles. The molecule has 26 heavy (non-hydrogen) atoms. The molecule has 0 aliphatic carbocycles. The molecule has 2 rings (SSSR count). The fourth-order valence-electron chi connectivity index (χ4n) is 2.77. The second-order valence-electron chi connectivity index (χ2n) is 5.44. The number of halogens is 1. The van der Waals surface area contributed by atoms with E-state index >= 15 is 0 Å². The molecule has 0 aliphatic rings. The molecule has 0 aliphatic heterocycles. The van der Waals surface area contributed by atoms with Crippen molar-refractivity contribution in [1.29, 1.82) is 5.41 Å². The van der Waals surface area contributed by atoms with E-state index in [-0.39, 0.29) is 29.8 Å². The van der Waals surface area contributed by atoms with Crippen LogP contribution in [0, 0.1) is 5.41 Å². The largest absolute Gasteiger partial charge is 0.477 e. The van der Waals surface area contributed by atoms with Gasteiger partial charge >= 0.3 is 5.97 Å². The second kappa shape index (κ2) is 8.19. The van der Waals surface area contributed by atoms with Gasteiger partial charge in [0.25, 0.3) is 0 Å². The first kappa shape index (κ1) is 19.7. The summed E-state index contributed by atoms with van der Waals surface area (Å²) in [6.45, 7) is -1.21. The lowest BCUT2D eigenvalue weighted by Gasteiger charge is -2.16. The Bertz CT molecular complexity index is 850. The summed E-state index contributed by atoms with van der Waals surface area (Å²) in [4.78, 5) is 14.1. The molecular formula is C16H19ClN4O5. The number of nitrogens with two attached hydrogens (primary N) is 1. The molecule has 10 heteroatoms. The zero-order valence-electron chi connectivity index (χ0n) is 13.6. The lowest BCUT2D eigenvalue weighted by molar-refractivity contribution is 0.0691. The molecule has 0 radical (unpaired) electrons. The van der Waals surface area contributed by atoms with Crippen LogP contribution in [-0.2, 0) is 26.4 Å². The van der Waals surface area contributed by atoms with Gasteiger partial charge in [-0.05, 0) is 22.3 Å². The van der Waals surface area contributed by atoms with Crippen molar-refractivity contribution >= 4 is 23.5 Å². The summed E-state index contributed by atoms with van der Waals surface area (Å²) < 4.78 is 0. The Morgan fingerprint density at radius 3 is 2.35 bits per heavy atom. The van der Waals surface area contributed by atoms with E-state index in [2.05, 4.69) is 10.3 Å². The number of guanidine groups is 1. The summed E-state index contributed by atoms with van der Waals surface area (Å²) in [5, 5.41) is 47.9. The van der Waals surface area contributed by atoms with Crippen LogP contribution in [0.15, 0.2) is 12.1 Å². The smallest absolute Gasteiger partial charge is 0.353 e. The molecule has 2 aromatic rings. The van der Waals surface area contributed by atoms with Gasteiger partial charge in [-0.3, -0.25) is 5.41 Å². The molecule has 0 fully saturated rings. The van der Waals surface area contributed by atoms with E-state index in [0.717, 1.165) is 0 Å². The number of aromatic nitrogens is 1. The fourth-order valence-corrected chi connectivity index (χ4v) is 3.12. The molecule has 0 atom stereocenters. The third kappa shape index (κ3) is 3.65. The minimum Gasteiger partial charge on any atom is -0.477 e. The maximum Gasteiger partial charge on any atom is 0.353 e. The predicted octanol–water partition coefficient (Wildman–Crippen LogP) is 0.493. The molecule has 9 N–H and O–H groups in total. The van der Waals surface area contributed by atoms with Crippen molar-refractivity contribution in [2.24, 2.45) is 5.73 Å². The Morgan fingerprint density at radius 2 is 1.85 bits per heavy atom. The number of aromatic amines is 1. The zero-order chi connectivity index (χ0) is 19.4. The van der Waals surface area contributed by atoms with Gasteiger partial charge in [0.15, 0.2) is 5.96 Å². The van der Waals surface area contributed by atoms with E-state index in [1.54, 1.807) is 12.1 Å². The molecule has 0 unspecified atom stereocenters. The van der Waals surface area contributed by atoms with E-state index in [1.807, 2.05) is 0 Å². The lowest BCUT2D eigenvalue weighted by Crippen LogP contribution is -2.29. The number of carboxylic acids is 1. The van der Waals surface area contributed by atoms with Crippen LogP contribution < -0.4 is 11.1 Å². The summed E-state index contributed by atoms with van der Waals surface area (Å²) in [5.41, 5.74) is 7.19. The summed E-state index contributed by atoms with van der Waals surface area (Å²) in [5.74, 6) is -1.59. The van der Waals surface area contributed by atoms with Crippen molar-refractivity contribution in [3.63, 3.8) is 0 Å². The molecule has 0 bridgehead atoms. The number of hydrogen-bond donors (Lipinski definition) is 8. The molecule has 140 valence electrons. The number of aliphatic hydroxyl groups is 3. The van der Waals surface area contributed by atoms with Crippen molar-refractivity contribution in [3.8, 4) is 11.1 Å². The fraction of sp³-hybridized carbons (Fsp3) is 0.250. The molecule has 0 amide bonds. The Morgan fingerprint density at radius 1 is 1.19 bits per heavy atom. The van der Waals surface area contributed by atoms with Crippen LogP contribution in [0.2, 0.25) is 5.02 Å². The Hall–Kier alpha value is -2.59. The van der Waals surface area contributed by atoms with E-state index in [4.69, 9.17) is 22.7 Å². The van der Waals surface area contributed by atoms with Gasteiger partial charge in [0.1, 0.15) is 5.69 Å². The van der Waals surface area contributed by atoms with Gasteiger partial charge in [0, 0.05) is 11.3 Å². The van der Waals surface area contributed by atoms with Gasteiger partial charge in [-0.1, -0.05) is 23.7 Å². The standard InChI is InChI=1S/C16H19ClN4O5/c17-13-12(11(3-20-16(18)19)21-14(13)15(25)26)8-2-1-7(4-22)9(5-23)10(8)6-24/h1-2,21-24H,3-6H2,(H,25,26)(H4,18,19,20). The lowest BCUT2D eigenvalue weighted by atomic mass is 9.92. The van der Waals surface area contributed by atoms with Crippen LogP contribution in [0.5, 0.6) is 0 Å². The van der Waals surface area contributed by atoms with Crippen molar-refractivity contribution in [2.75, 3.05) is 0 Å². The molecule has 9 nitrogen and oxygen atoms in total. The number of carboxylic acid groups (broad SMARTS) is 1. The normalized spacial score (nSPS) is 10.8. The van der Waals surface area contributed by atoms with Gasteiger partial charge < -0.3 is 36.5 Å². The van der Waals surface area contributed by atoms with Gasteiger partial charge in [-0.25, -0.2) is 4.79 Å². The SMILES string of the molecule is N=C(N)NCc1[nH]c(C(=O)O)c(Cl)c1-c1ccc(CO)c(CO)c1CO. The van der Waals surface area contributed by atoms with Crippen molar-refractivity contribution in [3.05, 3.63) is 45.2 Å². The monoisotopic (exact) mass is 382 g/mol. The van der Waals surface area contributed by atoms with Gasteiger partial charge in [-0.15, -0.1) is 0 Å². The highest BCUT2D eigenvalue weighted by atomic mass is 35.5. The minimum absolute atomic E-state index is 0.00125. The molecule has 0 saturated heterocycles. The predicted molar refractivity (Wildman–Crippen MR) is 94.7 cm³/mol. The number of aliphatic hydroxyl groups excluding tert-OH is 3. The third-order valence-corrected chi connectivity index (χ3v) is 4.35. The minimum atomic E-state index is -1.27. The van der Waals surface area contributed by atoms with Crippen LogP contribution in [0.3, 0.4) is 0 Å². The maximum atomic E-state index is 11.4. The number of hydrogen-bond acceptors (Lipinski definition) is 5. The topological polar surface area (TPSA) is 176 Å². The van der Waals surface area contributed by atoms with E-state index in [9.17, 15) is 25.2 Å². The van der Waals surface area contributed by atoms with E-state index in [1.165, 1.54) is 0 Å². The Kier molecular flexibility index (Phi) is 6.22. The number of aromatic carboxylic acids is 1. The van der Waals surface area contributed by atoms with E-state index in [0.29, 0.717) is 33.5 Å². The summed E-state index contributed by atoms with van der Waals surface area (Å²) in [7, 11) is 0. The number of carbonyl (C=O) groups is 1. The third-order valence-electron chi connectivity index (χ3n) is 3.97. The van der Waals surface area contributed by atoms with E-state index < -0.39 is 19.2 Å². The first-order valence-corrected chi connectivity index (χ1v) is 7.91. The Balaban J connectivity index is 2.74. The highest BCUT2D eigenvalue weighted by molar-refractivity contribution is 6.36. The number of benzene rings is 1.